The molecule has 0 fully saturated rings. The van der Waals surface area contributed by atoms with E-state index in [1.54, 1.807) is 18.3 Å². The van der Waals surface area contributed by atoms with Gasteiger partial charge in [0.1, 0.15) is 5.75 Å². The summed E-state index contributed by atoms with van der Waals surface area (Å²) in [7, 11) is 0. The minimum absolute atomic E-state index is 0.0809. The van der Waals surface area contributed by atoms with Crippen LogP contribution in [0.15, 0.2) is 35.6 Å². The van der Waals surface area contributed by atoms with Gasteiger partial charge in [0.2, 0.25) is 0 Å². The summed E-state index contributed by atoms with van der Waals surface area (Å²) in [6.07, 6.45) is 1.56. The first-order valence-corrected chi connectivity index (χ1v) is 6.21. The zero-order valence-electron chi connectivity index (χ0n) is 11.7. The summed E-state index contributed by atoms with van der Waals surface area (Å²) < 4.78 is 5.89. The highest BCUT2D eigenvalue weighted by Crippen LogP contribution is 2.29. The Kier molecular flexibility index (Phi) is 3.89. The number of nitrogens with two attached hydrogens (primary N) is 1. The van der Waals surface area contributed by atoms with Crippen LogP contribution in [-0.2, 0) is 0 Å². The van der Waals surface area contributed by atoms with E-state index in [1.807, 2.05) is 26.8 Å². The van der Waals surface area contributed by atoms with E-state index in [0.717, 1.165) is 22.4 Å². The second-order valence-corrected chi connectivity index (χ2v) is 4.64. The van der Waals surface area contributed by atoms with Gasteiger partial charge in [-0.25, -0.2) is 4.98 Å². The number of amidine groups is 1. The van der Waals surface area contributed by atoms with E-state index in [1.165, 1.54) is 0 Å². The molecule has 104 valence electrons. The summed E-state index contributed by atoms with van der Waals surface area (Å²) in [5.74, 6) is 1.11. The Bertz CT molecular complexity index is 666. The Hall–Kier alpha value is -2.56. The van der Waals surface area contributed by atoms with Crippen molar-refractivity contribution in [3.8, 4) is 11.5 Å². The Balaban J connectivity index is 2.46. The van der Waals surface area contributed by atoms with Crippen LogP contribution in [0.4, 0.5) is 0 Å². The minimum atomic E-state index is -0.0809. The number of rotatable bonds is 3. The summed E-state index contributed by atoms with van der Waals surface area (Å²) in [5, 5.41) is 11.8. The van der Waals surface area contributed by atoms with Crippen LogP contribution in [-0.4, -0.2) is 16.0 Å². The number of hydrogen-bond acceptors (Lipinski definition) is 4. The first-order chi connectivity index (χ1) is 9.52. The summed E-state index contributed by atoms with van der Waals surface area (Å²) in [4.78, 5) is 4.08. The van der Waals surface area contributed by atoms with E-state index in [-0.39, 0.29) is 5.84 Å². The quantitative estimate of drug-likeness (QED) is 0.389. The lowest BCUT2D eigenvalue weighted by Gasteiger charge is -2.13. The summed E-state index contributed by atoms with van der Waals surface area (Å²) >= 11 is 0. The summed E-state index contributed by atoms with van der Waals surface area (Å²) in [5.41, 5.74) is 9.22. The summed E-state index contributed by atoms with van der Waals surface area (Å²) in [6.45, 7) is 6.03. The Morgan fingerprint density at radius 1 is 1.25 bits per heavy atom. The maximum Gasteiger partial charge on any atom is 0.192 e. The van der Waals surface area contributed by atoms with Gasteiger partial charge < -0.3 is 15.7 Å². The van der Waals surface area contributed by atoms with Crippen LogP contribution in [0.5, 0.6) is 11.5 Å². The second kappa shape index (κ2) is 5.61. The molecule has 0 spiro atoms. The molecule has 1 heterocycles. The van der Waals surface area contributed by atoms with Crippen molar-refractivity contribution in [1.29, 1.82) is 0 Å². The molecule has 0 aliphatic heterocycles. The van der Waals surface area contributed by atoms with Crippen LogP contribution in [0, 0.1) is 20.8 Å². The van der Waals surface area contributed by atoms with Gasteiger partial charge in [0.25, 0.3) is 0 Å². The van der Waals surface area contributed by atoms with Crippen LogP contribution >= 0.6 is 0 Å². The van der Waals surface area contributed by atoms with Gasteiger partial charge in [-0.1, -0.05) is 11.2 Å². The van der Waals surface area contributed by atoms with Gasteiger partial charge in [-0.2, -0.15) is 0 Å². The van der Waals surface area contributed by atoms with Gasteiger partial charge in [-0.05, 0) is 55.7 Å². The predicted molar refractivity (Wildman–Crippen MR) is 77.5 cm³/mol. The molecule has 0 saturated carbocycles. The molecule has 1 aromatic carbocycles. The number of oxime groups is 1. The number of aryl methyl sites for hydroxylation is 2. The normalized spacial score (nSPS) is 11.4. The fourth-order valence-corrected chi connectivity index (χ4v) is 1.94. The number of benzene rings is 1. The van der Waals surface area contributed by atoms with Crippen molar-refractivity contribution < 1.29 is 9.94 Å². The van der Waals surface area contributed by atoms with Gasteiger partial charge in [0, 0.05) is 6.20 Å². The van der Waals surface area contributed by atoms with Crippen molar-refractivity contribution in [2.75, 3.05) is 0 Å². The monoisotopic (exact) mass is 271 g/mol. The number of ether oxygens (including phenoxy) is 1. The zero-order valence-corrected chi connectivity index (χ0v) is 11.7. The third-order valence-corrected chi connectivity index (χ3v) is 3.11. The van der Waals surface area contributed by atoms with Crippen molar-refractivity contribution in [3.63, 3.8) is 0 Å². The Morgan fingerprint density at radius 2 is 2.00 bits per heavy atom. The molecule has 0 radical (unpaired) electrons. The lowest BCUT2D eigenvalue weighted by Crippen LogP contribution is -2.16. The topological polar surface area (TPSA) is 80.7 Å². The zero-order chi connectivity index (χ0) is 14.7. The van der Waals surface area contributed by atoms with Crippen LogP contribution in [0.25, 0.3) is 0 Å². The number of pyridine rings is 1. The maximum atomic E-state index is 8.79. The molecule has 5 nitrogen and oxygen atoms in total. The molecule has 3 N–H and O–H groups in total. The van der Waals surface area contributed by atoms with E-state index >= 15 is 0 Å². The van der Waals surface area contributed by atoms with Crippen LogP contribution in [0.2, 0.25) is 0 Å². The van der Waals surface area contributed by atoms with Crippen LogP contribution in [0.3, 0.4) is 0 Å². The molecule has 0 saturated heterocycles. The lowest BCUT2D eigenvalue weighted by molar-refractivity contribution is 0.318. The highest BCUT2D eigenvalue weighted by Gasteiger charge is 2.12. The van der Waals surface area contributed by atoms with E-state index in [4.69, 9.17) is 15.7 Å². The SMILES string of the molecule is Cc1cc(C)c(C)c(Oc2cccnc2/C(N)=N/O)c1. The fourth-order valence-electron chi connectivity index (χ4n) is 1.94. The average Bonchev–Trinajstić information content (AvgIpc) is 2.44. The van der Waals surface area contributed by atoms with Crippen LogP contribution in [0.1, 0.15) is 22.4 Å². The smallest absolute Gasteiger partial charge is 0.192 e. The maximum absolute atomic E-state index is 8.79. The van der Waals surface area contributed by atoms with E-state index < -0.39 is 0 Å². The first-order valence-electron chi connectivity index (χ1n) is 6.21. The van der Waals surface area contributed by atoms with Gasteiger partial charge in [0.05, 0.1) is 0 Å². The molecule has 2 aromatic rings. The molecule has 0 aliphatic carbocycles. The van der Waals surface area contributed by atoms with Crippen LogP contribution < -0.4 is 10.5 Å². The van der Waals surface area contributed by atoms with E-state index in [2.05, 4.69) is 16.2 Å². The number of aromatic nitrogens is 1. The average molecular weight is 271 g/mol. The summed E-state index contributed by atoms with van der Waals surface area (Å²) in [6, 6.07) is 7.51. The Labute approximate surface area is 117 Å². The number of hydrogen-bond donors (Lipinski definition) is 2. The standard InChI is InChI=1S/C15H17N3O2/c1-9-7-10(2)11(3)13(8-9)20-12-5-4-6-17-14(12)15(16)18-19/h4-8,19H,1-3H3,(H2,16,18). The van der Waals surface area contributed by atoms with Gasteiger partial charge >= 0.3 is 0 Å². The molecule has 0 bridgehead atoms. The largest absolute Gasteiger partial charge is 0.455 e. The highest BCUT2D eigenvalue weighted by atomic mass is 16.5. The first kappa shape index (κ1) is 13.9. The van der Waals surface area contributed by atoms with Gasteiger partial charge in [0.15, 0.2) is 17.3 Å². The molecule has 0 unspecified atom stereocenters. The van der Waals surface area contributed by atoms with Gasteiger partial charge in [-0.15, -0.1) is 0 Å². The molecule has 2 rings (SSSR count). The molecule has 0 aliphatic rings. The third-order valence-electron chi connectivity index (χ3n) is 3.11. The molecule has 5 heteroatoms. The Morgan fingerprint density at radius 3 is 2.70 bits per heavy atom. The molecular formula is C15H17N3O2. The lowest BCUT2D eigenvalue weighted by atomic mass is 10.1. The van der Waals surface area contributed by atoms with Crippen molar-refractivity contribution >= 4 is 5.84 Å². The van der Waals surface area contributed by atoms with E-state index in [0.29, 0.717) is 11.4 Å². The molecular weight excluding hydrogens is 254 g/mol. The van der Waals surface area contributed by atoms with E-state index in [9.17, 15) is 0 Å². The molecule has 20 heavy (non-hydrogen) atoms. The molecule has 0 amide bonds. The minimum Gasteiger partial charge on any atom is -0.455 e. The molecule has 1 aromatic heterocycles. The fraction of sp³-hybridized carbons (Fsp3) is 0.200. The number of nitrogens with zero attached hydrogens (tertiary/aromatic N) is 2. The molecule has 0 atom stereocenters. The third kappa shape index (κ3) is 2.71. The van der Waals surface area contributed by atoms with Gasteiger partial charge in [-0.3, -0.25) is 0 Å². The van der Waals surface area contributed by atoms with Crippen molar-refractivity contribution in [1.82, 2.24) is 4.98 Å². The van der Waals surface area contributed by atoms with Crippen molar-refractivity contribution in [3.05, 3.63) is 52.8 Å². The second-order valence-electron chi connectivity index (χ2n) is 4.64. The van der Waals surface area contributed by atoms with Crippen molar-refractivity contribution in [2.24, 2.45) is 10.9 Å². The highest BCUT2D eigenvalue weighted by molar-refractivity contribution is 5.97. The van der Waals surface area contributed by atoms with Crippen molar-refractivity contribution in [2.45, 2.75) is 20.8 Å². The predicted octanol–water partition coefficient (Wildman–Crippen LogP) is 2.89.